The lowest BCUT2D eigenvalue weighted by Gasteiger charge is -2.21. The summed E-state index contributed by atoms with van der Waals surface area (Å²) in [4.78, 5) is 29.2. The van der Waals surface area contributed by atoms with Crippen molar-refractivity contribution in [1.29, 1.82) is 0 Å². The summed E-state index contributed by atoms with van der Waals surface area (Å²) in [6, 6.07) is 9.99. The van der Waals surface area contributed by atoms with Gasteiger partial charge in [0.2, 0.25) is 0 Å². The lowest BCUT2D eigenvalue weighted by atomic mass is 9.85. The van der Waals surface area contributed by atoms with Crippen LogP contribution in [-0.4, -0.2) is 16.1 Å². The molecular weight excluding hydrogens is 485 g/mol. The third kappa shape index (κ3) is 5.33. The first kappa shape index (κ1) is 25.2. The minimum atomic E-state index is -0.580. The van der Waals surface area contributed by atoms with E-state index in [2.05, 4.69) is 15.6 Å². The van der Waals surface area contributed by atoms with Gasteiger partial charge < -0.3 is 14.8 Å². The fourth-order valence-electron chi connectivity index (χ4n) is 3.89. The van der Waals surface area contributed by atoms with E-state index in [1.807, 2.05) is 33.8 Å². The van der Waals surface area contributed by atoms with Crippen LogP contribution in [-0.2, 0) is 11.8 Å². The van der Waals surface area contributed by atoms with Crippen LogP contribution >= 0.6 is 11.6 Å². The summed E-state index contributed by atoms with van der Waals surface area (Å²) < 4.78 is 18.8. The first-order valence-electron chi connectivity index (χ1n) is 11.2. The fraction of sp³-hybridized carbons (Fsp3) is 0.222. The van der Waals surface area contributed by atoms with E-state index in [1.54, 1.807) is 18.3 Å². The Morgan fingerprint density at radius 2 is 1.89 bits per heavy atom. The smallest absolute Gasteiger partial charge is 0.340 e. The molecule has 0 aliphatic carbocycles. The molecule has 0 radical (unpaired) electrons. The number of aromatic nitrogens is 1. The highest BCUT2D eigenvalue weighted by atomic mass is 35.5. The van der Waals surface area contributed by atoms with Crippen molar-refractivity contribution >= 4 is 40.1 Å². The van der Waals surface area contributed by atoms with E-state index in [0.717, 1.165) is 28.1 Å². The van der Waals surface area contributed by atoms with Crippen molar-refractivity contribution in [3.05, 3.63) is 92.2 Å². The number of pyridine rings is 1. The van der Waals surface area contributed by atoms with Crippen LogP contribution < -0.4 is 16.3 Å². The first-order valence-corrected chi connectivity index (χ1v) is 11.6. The second-order valence-electron chi connectivity index (χ2n) is 9.55. The van der Waals surface area contributed by atoms with Crippen LogP contribution in [0.3, 0.4) is 0 Å². The topological polar surface area (TPSA) is 104 Å². The van der Waals surface area contributed by atoms with Gasteiger partial charge in [-0.05, 0) is 53.8 Å². The van der Waals surface area contributed by atoms with E-state index in [4.69, 9.17) is 16.0 Å². The Hall–Kier alpha value is -3.91. The maximum absolute atomic E-state index is 13.3. The molecule has 0 saturated carbocycles. The lowest BCUT2D eigenvalue weighted by Crippen LogP contribution is -2.20. The predicted molar refractivity (Wildman–Crippen MR) is 139 cm³/mol. The molecule has 9 heteroatoms. The second-order valence-corrected chi connectivity index (χ2v) is 9.95. The van der Waals surface area contributed by atoms with Crippen molar-refractivity contribution in [2.24, 2.45) is 0 Å². The fourth-order valence-corrected chi connectivity index (χ4v) is 4.07. The monoisotopic (exact) mass is 509 g/mol. The largest absolute Gasteiger partial charge is 0.508 e. The number of aryl methyl sites for hydroxylation is 1. The van der Waals surface area contributed by atoms with Gasteiger partial charge in [-0.25, -0.2) is 19.0 Å². The van der Waals surface area contributed by atoms with E-state index >= 15 is 0 Å². The van der Waals surface area contributed by atoms with Gasteiger partial charge >= 0.3 is 11.7 Å². The number of amides is 2. The second kappa shape index (κ2) is 9.62. The zero-order valence-corrected chi connectivity index (χ0v) is 21.0. The molecule has 36 heavy (non-hydrogen) atoms. The molecule has 4 rings (SSSR count). The van der Waals surface area contributed by atoms with Crippen LogP contribution in [0.15, 0.2) is 57.9 Å². The van der Waals surface area contributed by atoms with Crippen LogP contribution in [0, 0.1) is 12.7 Å². The van der Waals surface area contributed by atoms with Crippen molar-refractivity contribution in [2.45, 2.75) is 39.5 Å². The number of anilines is 2. The summed E-state index contributed by atoms with van der Waals surface area (Å²) in [5, 5.41) is 16.2. The van der Waals surface area contributed by atoms with E-state index in [-0.39, 0.29) is 28.4 Å². The summed E-state index contributed by atoms with van der Waals surface area (Å²) in [5.74, 6) is -0.204. The maximum Gasteiger partial charge on any atom is 0.340 e. The normalized spacial score (nSPS) is 11.5. The Morgan fingerprint density at radius 3 is 2.53 bits per heavy atom. The van der Waals surface area contributed by atoms with E-state index < -0.39 is 17.5 Å². The summed E-state index contributed by atoms with van der Waals surface area (Å²) in [6.07, 6.45) is 1.84. The zero-order valence-electron chi connectivity index (χ0n) is 20.2. The van der Waals surface area contributed by atoms with Crippen molar-refractivity contribution in [3.8, 4) is 5.75 Å². The molecule has 0 aliphatic rings. The Bertz CT molecular complexity index is 1530. The van der Waals surface area contributed by atoms with Crippen LogP contribution in [0.25, 0.3) is 11.0 Å². The standard InChI is InChI=1S/C27H25ClFN3O4/c1-14-17-11-19(27(2,3)4)22(33)12-23(17)36-25(34)18(14)9-15-5-8-24(30-13-15)32-26(35)31-16-6-7-21(29)20(28)10-16/h5-8,10-13,33H,9H2,1-4H3,(H2,30,31,32,35). The number of phenols is 1. The molecule has 0 aliphatic heterocycles. The Balaban J connectivity index is 1.53. The van der Waals surface area contributed by atoms with Gasteiger partial charge in [-0.2, -0.15) is 0 Å². The highest BCUT2D eigenvalue weighted by Crippen LogP contribution is 2.35. The molecule has 0 unspecified atom stereocenters. The molecule has 0 atom stereocenters. The highest BCUT2D eigenvalue weighted by Gasteiger charge is 2.21. The number of rotatable bonds is 4. The van der Waals surface area contributed by atoms with Crippen LogP contribution in [0.4, 0.5) is 20.7 Å². The molecule has 0 bridgehead atoms. The number of carbonyl (C=O) groups is 1. The average Bonchev–Trinajstić information content (AvgIpc) is 2.79. The van der Waals surface area contributed by atoms with Crippen molar-refractivity contribution in [2.75, 3.05) is 10.6 Å². The number of hydrogen-bond acceptors (Lipinski definition) is 5. The number of phenolic OH excluding ortho intramolecular Hbond substituents is 1. The SMILES string of the molecule is Cc1c(Cc2ccc(NC(=O)Nc3ccc(F)c(Cl)c3)nc2)c(=O)oc2cc(O)c(C(C)(C)C)cc12. The molecule has 2 amide bonds. The molecule has 4 aromatic rings. The van der Waals surface area contributed by atoms with Gasteiger partial charge in [-0.3, -0.25) is 5.32 Å². The minimum Gasteiger partial charge on any atom is -0.508 e. The average molecular weight is 510 g/mol. The molecule has 0 spiro atoms. The molecule has 3 N–H and O–H groups in total. The third-order valence-corrected chi connectivity index (χ3v) is 6.13. The number of nitrogens with zero attached hydrogens (tertiary/aromatic N) is 1. The summed E-state index contributed by atoms with van der Waals surface area (Å²) in [5.41, 5.74) is 2.65. The molecule has 2 heterocycles. The molecule has 2 aromatic carbocycles. The highest BCUT2D eigenvalue weighted by molar-refractivity contribution is 6.31. The zero-order chi connectivity index (χ0) is 26.2. The van der Waals surface area contributed by atoms with Gasteiger partial charge in [0, 0.05) is 40.9 Å². The molecule has 0 fully saturated rings. The molecule has 186 valence electrons. The molecular formula is C27H25ClFN3O4. The Kier molecular flexibility index (Phi) is 6.73. The van der Waals surface area contributed by atoms with Gasteiger partial charge in [-0.15, -0.1) is 0 Å². The van der Waals surface area contributed by atoms with Crippen molar-refractivity contribution in [1.82, 2.24) is 4.98 Å². The van der Waals surface area contributed by atoms with Gasteiger partial charge in [0.15, 0.2) is 0 Å². The number of carbonyl (C=O) groups excluding carboxylic acids is 1. The van der Waals surface area contributed by atoms with E-state index in [1.165, 1.54) is 18.2 Å². The van der Waals surface area contributed by atoms with Crippen LogP contribution in [0.1, 0.15) is 43.0 Å². The predicted octanol–water partition coefficient (Wildman–Crippen LogP) is 6.53. The van der Waals surface area contributed by atoms with Crippen LogP contribution in [0.2, 0.25) is 5.02 Å². The van der Waals surface area contributed by atoms with Crippen molar-refractivity contribution < 1.29 is 18.7 Å². The number of hydrogen-bond donors (Lipinski definition) is 3. The number of urea groups is 1. The number of benzene rings is 2. The van der Waals surface area contributed by atoms with Crippen LogP contribution in [0.5, 0.6) is 5.75 Å². The quantitative estimate of drug-likeness (QED) is 0.271. The summed E-state index contributed by atoms with van der Waals surface area (Å²) in [6.45, 7) is 7.85. The first-order chi connectivity index (χ1) is 16.9. The van der Waals surface area contributed by atoms with Gasteiger partial charge in [0.25, 0.3) is 0 Å². The maximum atomic E-state index is 13.3. The van der Waals surface area contributed by atoms with E-state index in [9.17, 15) is 19.1 Å². The summed E-state index contributed by atoms with van der Waals surface area (Å²) in [7, 11) is 0. The lowest BCUT2D eigenvalue weighted by molar-refractivity contribution is 0.262. The molecule has 7 nitrogen and oxygen atoms in total. The Labute approximate surface area is 211 Å². The van der Waals surface area contributed by atoms with Gasteiger partial charge in [0.1, 0.15) is 23.0 Å². The van der Waals surface area contributed by atoms with Gasteiger partial charge in [0.05, 0.1) is 5.02 Å². The van der Waals surface area contributed by atoms with E-state index in [0.29, 0.717) is 16.8 Å². The number of halogens is 2. The number of aromatic hydroxyl groups is 1. The van der Waals surface area contributed by atoms with Gasteiger partial charge in [-0.1, -0.05) is 38.4 Å². The summed E-state index contributed by atoms with van der Waals surface area (Å²) >= 11 is 5.73. The third-order valence-electron chi connectivity index (χ3n) is 5.84. The molecule has 0 saturated heterocycles. The van der Waals surface area contributed by atoms with Crippen molar-refractivity contribution in [3.63, 3.8) is 0 Å². The number of fused-ring (bicyclic) bond motifs is 1. The Morgan fingerprint density at radius 1 is 1.14 bits per heavy atom. The minimum absolute atomic E-state index is 0.0872. The number of nitrogens with one attached hydrogen (secondary N) is 2. The molecule has 2 aromatic heterocycles.